The summed E-state index contributed by atoms with van der Waals surface area (Å²) in [5.74, 6) is 0.0543. The van der Waals surface area contributed by atoms with Gasteiger partial charge in [0.15, 0.2) is 0 Å². The molecule has 120 valence electrons. The molecule has 2 aliphatic rings. The zero-order valence-corrected chi connectivity index (χ0v) is 13.1. The van der Waals surface area contributed by atoms with E-state index in [1.165, 1.54) is 0 Å². The second-order valence-corrected chi connectivity index (χ2v) is 5.69. The van der Waals surface area contributed by atoms with E-state index in [0.717, 1.165) is 30.6 Å². The van der Waals surface area contributed by atoms with E-state index in [1.54, 1.807) is 4.90 Å². The van der Waals surface area contributed by atoms with E-state index in [4.69, 9.17) is 5.73 Å². The fraction of sp³-hybridized carbons (Fsp3) is 0.467. The molecule has 6 nitrogen and oxygen atoms in total. The molecule has 0 aromatic heterocycles. The van der Waals surface area contributed by atoms with Crippen molar-refractivity contribution in [3.8, 4) is 0 Å². The average molecular weight is 325 g/mol. The molecule has 0 radical (unpaired) electrons. The van der Waals surface area contributed by atoms with Gasteiger partial charge in [-0.3, -0.25) is 9.69 Å². The molecular formula is C15H21ClN4O2. The molecule has 2 unspecified atom stereocenters. The zero-order chi connectivity index (χ0) is 14.8. The maximum atomic E-state index is 12.1. The van der Waals surface area contributed by atoms with Gasteiger partial charge in [0.2, 0.25) is 5.91 Å². The van der Waals surface area contributed by atoms with Gasteiger partial charge in [0.25, 0.3) is 0 Å². The lowest BCUT2D eigenvalue weighted by molar-refractivity contribution is -0.119. The smallest absolute Gasteiger partial charge is 0.321 e. The number of amides is 3. The number of halogens is 1. The van der Waals surface area contributed by atoms with Crippen molar-refractivity contribution < 1.29 is 9.59 Å². The van der Waals surface area contributed by atoms with Gasteiger partial charge in [0.1, 0.15) is 0 Å². The number of benzene rings is 1. The van der Waals surface area contributed by atoms with Crippen LogP contribution in [0.5, 0.6) is 0 Å². The first kappa shape index (κ1) is 16.6. The zero-order valence-electron chi connectivity index (χ0n) is 12.2. The summed E-state index contributed by atoms with van der Waals surface area (Å²) in [6.45, 7) is 1.34. The number of carbonyl (C=O) groups excluding carboxylic acids is 2. The van der Waals surface area contributed by atoms with Crippen LogP contribution in [0.2, 0.25) is 0 Å². The Kier molecular flexibility index (Phi) is 5.26. The minimum atomic E-state index is -0.0771. The number of nitrogens with two attached hydrogens (primary N) is 1. The highest BCUT2D eigenvalue weighted by atomic mass is 35.5. The van der Waals surface area contributed by atoms with Crippen LogP contribution >= 0.6 is 12.4 Å². The van der Waals surface area contributed by atoms with Crippen LogP contribution in [0.3, 0.4) is 0 Å². The molecular weight excluding hydrogens is 304 g/mol. The third-order valence-corrected chi connectivity index (χ3v) is 4.15. The van der Waals surface area contributed by atoms with Crippen LogP contribution in [0.25, 0.3) is 0 Å². The normalized spacial score (nSPS) is 23.9. The Morgan fingerprint density at radius 2 is 2.00 bits per heavy atom. The predicted octanol–water partition coefficient (Wildman–Crippen LogP) is 1.70. The number of nitrogens with zero attached hydrogens (tertiary/aromatic N) is 1. The summed E-state index contributed by atoms with van der Waals surface area (Å²) < 4.78 is 0. The van der Waals surface area contributed by atoms with Crippen LogP contribution in [0.1, 0.15) is 19.3 Å². The van der Waals surface area contributed by atoms with Gasteiger partial charge in [0, 0.05) is 36.4 Å². The molecule has 1 saturated heterocycles. The van der Waals surface area contributed by atoms with Crippen molar-refractivity contribution in [3.05, 3.63) is 24.3 Å². The predicted molar refractivity (Wildman–Crippen MR) is 88.4 cm³/mol. The molecule has 3 amide bonds. The van der Waals surface area contributed by atoms with Gasteiger partial charge in [0.05, 0.1) is 0 Å². The Balaban J connectivity index is 0.00000176. The first-order valence-electron chi connectivity index (χ1n) is 7.35. The summed E-state index contributed by atoms with van der Waals surface area (Å²) in [5.41, 5.74) is 7.43. The van der Waals surface area contributed by atoms with Gasteiger partial charge in [-0.25, -0.2) is 4.79 Å². The van der Waals surface area contributed by atoms with E-state index in [2.05, 4.69) is 10.6 Å². The van der Waals surface area contributed by atoms with Crippen molar-refractivity contribution in [2.24, 2.45) is 11.7 Å². The Hall–Kier alpha value is -1.79. The average Bonchev–Trinajstić information content (AvgIpc) is 3.08. The number of rotatable bonds is 3. The topological polar surface area (TPSA) is 87.5 Å². The van der Waals surface area contributed by atoms with Crippen molar-refractivity contribution in [1.29, 1.82) is 0 Å². The number of hydrogen-bond acceptors (Lipinski definition) is 3. The number of carbonyl (C=O) groups is 2. The summed E-state index contributed by atoms with van der Waals surface area (Å²) in [4.78, 5) is 25.4. The first-order valence-corrected chi connectivity index (χ1v) is 7.35. The lowest BCUT2D eigenvalue weighted by atomic mass is 10.1. The van der Waals surface area contributed by atoms with Gasteiger partial charge >= 0.3 is 6.03 Å². The van der Waals surface area contributed by atoms with Crippen LogP contribution in [0, 0.1) is 5.92 Å². The fourth-order valence-electron chi connectivity index (χ4n) is 2.94. The third kappa shape index (κ3) is 3.51. The second kappa shape index (κ2) is 6.98. The van der Waals surface area contributed by atoms with Crippen LogP contribution in [-0.4, -0.2) is 31.1 Å². The standard InChI is InChI=1S/C15H20N4O2.ClH/c16-11-2-1-10(9-11)14(20)18-12-3-5-13(6-4-12)19-8-7-17-15(19)21;/h3-6,10-11H,1-2,7-9,16H2,(H,17,21)(H,18,20);1H. The summed E-state index contributed by atoms with van der Waals surface area (Å²) in [5, 5.41) is 5.68. The maximum Gasteiger partial charge on any atom is 0.321 e. The largest absolute Gasteiger partial charge is 0.336 e. The quantitative estimate of drug-likeness (QED) is 0.791. The molecule has 4 N–H and O–H groups in total. The molecule has 0 spiro atoms. The lowest BCUT2D eigenvalue weighted by Gasteiger charge is -2.15. The van der Waals surface area contributed by atoms with Gasteiger partial charge in [-0.15, -0.1) is 12.4 Å². The Bertz CT molecular complexity index is 549. The summed E-state index contributed by atoms with van der Waals surface area (Å²) in [6.07, 6.45) is 2.54. The van der Waals surface area contributed by atoms with Crippen LogP contribution in [-0.2, 0) is 4.79 Å². The molecule has 1 saturated carbocycles. The number of urea groups is 1. The molecule has 1 aromatic carbocycles. The van der Waals surface area contributed by atoms with Crippen LogP contribution in [0.15, 0.2) is 24.3 Å². The summed E-state index contributed by atoms with van der Waals surface area (Å²) in [6, 6.07) is 7.42. The molecule has 3 rings (SSSR count). The highest BCUT2D eigenvalue weighted by Gasteiger charge is 2.27. The molecule has 1 aliphatic heterocycles. The van der Waals surface area contributed by atoms with E-state index in [0.29, 0.717) is 13.1 Å². The Labute approximate surface area is 135 Å². The molecule has 0 bridgehead atoms. The molecule has 1 aromatic rings. The van der Waals surface area contributed by atoms with E-state index in [-0.39, 0.29) is 36.3 Å². The monoisotopic (exact) mass is 324 g/mol. The first-order chi connectivity index (χ1) is 10.1. The van der Waals surface area contributed by atoms with E-state index < -0.39 is 0 Å². The van der Waals surface area contributed by atoms with E-state index in [9.17, 15) is 9.59 Å². The van der Waals surface area contributed by atoms with Crippen molar-refractivity contribution >= 4 is 35.7 Å². The molecule has 1 heterocycles. The number of hydrogen-bond donors (Lipinski definition) is 3. The highest BCUT2D eigenvalue weighted by Crippen LogP contribution is 2.26. The number of anilines is 2. The lowest BCUT2D eigenvalue weighted by Crippen LogP contribution is -2.27. The molecule has 22 heavy (non-hydrogen) atoms. The Morgan fingerprint density at radius 3 is 2.55 bits per heavy atom. The maximum absolute atomic E-state index is 12.1. The van der Waals surface area contributed by atoms with Crippen molar-refractivity contribution in [2.75, 3.05) is 23.3 Å². The fourth-order valence-corrected chi connectivity index (χ4v) is 2.94. The summed E-state index contributed by atoms with van der Waals surface area (Å²) in [7, 11) is 0. The van der Waals surface area contributed by atoms with Crippen molar-refractivity contribution in [1.82, 2.24) is 5.32 Å². The highest BCUT2D eigenvalue weighted by molar-refractivity contribution is 5.95. The van der Waals surface area contributed by atoms with Crippen molar-refractivity contribution in [2.45, 2.75) is 25.3 Å². The van der Waals surface area contributed by atoms with Gasteiger partial charge in [-0.05, 0) is 43.5 Å². The van der Waals surface area contributed by atoms with Gasteiger partial charge in [-0.1, -0.05) is 0 Å². The van der Waals surface area contributed by atoms with Crippen molar-refractivity contribution in [3.63, 3.8) is 0 Å². The minimum absolute atomic E-state index is 0. The molecule has 2 fully saturated rings. The van der Waals surface area contributed by atoms with E-state index in [1.807, 2.05) is 24.3 Å². The second-order valence-electron chi connectivity index (χ2n) is 5.69. The van der Waals surface area contributed by atoms with Gasteiger partial charge < -0.3 is 16.4 Å². The molecule has 1 aliphatic carbocycles. The summed E-state index contributed by atoms with van der Waals surface area (Å²) >= 11 is 0. The third-order valence-electron chi connectivity index (χ3n) is 4.15. The van der Waals surface area contributed by atoms with E-state index >= 15 is 0 Å². The number of nitrogens with one attached hydrogen (secondary N) is 2. The van der Waals surface area contributed by atoms with Crippen LogP contribution in [0.4, 0.5) is 16.2 Å². The SMILES string of the molecule is Cl.NC1CCC(C(=O)Nc2ccc(N3CCNC3=O)cc2)C1. The minimum Gasteiger partial charge on any atom is -0.336 e. The van der Waals surface area contributed by atoms with Gasteiger partial charge in [-0.2, -0.15) is 0 Å². The molecule has 2 atom stereocenters. The molecule has 7 heteroatoms. The van der Waals surface area contributed by atoms with Crippen LogP contribution < -0.4 is 21.3 Å². The Morgan fingerprint density at radius 1 is 1.27 bits per heavy atom.